The third-order valence-electron chi connectivity index (χ3n) is 6.05. The van der Waals surface area contributed by atoms with Crippen LogP contribution in [0.2, 0.25) is 0 Å². The summed E-state index contributed by atoms with van der Waals surface area (Å²) in [5.74, 6) is -1.39. The second kappa shape index (κ2) is 8.49. The molecule has 2 aliphatic rings. The number of halogens is 4. The molecule has 0 spiro atoms. The predicted octanol–water partition coefficient (Wildman–Crippen LogP) is 4.57. The number of amides is 1. The van der Waals surface area contributed by atoms with Crippen LogP contribution in [0.3, 0.4) is 0 Å². The third-order valence-corrected chi connectivity index (χ3v) is 6.05. The highest BCUT2D eigenvalue weighted by molar-refractivity contribution is 5.77. The van der Waals surface area contributed by atoms with Gasteiger partial charge in [-0.05, 0) is 42.2 Å². The summed E-state index contributed by atoms with van der Waals surface area (Å²) in [6, 6.07) is 2.99. The average molecular weight is 469 g/mol. The van der Waals surface area contributed by atoms with Crippen LogP contribution in [0.15, 0.2) is 30.4 Å². The summed E-state index contributed by atoms with van der Waals surface area (Å²) >= 11 is 0. The summed E-state index contributed by atoms with van der Waals surface area (Å²) in [7, 11) is 0. The molecule has 1 aliphatic carbocycles. The first-order valence-corrected chi connectivity index (χ1v) is 10.9. The number of hydrogen-bond donors (Lipinski definition) is 1. The van der Waals surface area contributed by atoms with Gasteiger partial charge in [-0.15, -0.1) is 5.10 Å². The molecule has 1 saturated carbocycles. The van der Waals surface area contributed by atoms with Crippen molar-refractivity contribution in [2.75, 3.05) is 18.4 Å². The highest BCUT2D eigenvalue weighted by Gasteiger charge is 2.44. The number of carbonyl (C=O) groups excluding carboxylic acids is 1. The van der Waals surface area contributed by atoms with Gasteiger partial charge in [0.2, 0.25) is 17.7 Å². The van der Waals surface area contributed by atoms with E-state index >= 15 is 0 Å². The number of pyridine rings is 1. The highest BCUT2D eigenvalue weighted by atomic mass is 19.4. The zero-order chi connectivity index (χ0) is 24.0. The van der Waals surface area contributed by atoms with Gasteiger partial charge in [-0.3, -0.25) is 4.79 Å². The lowest BCUT2D eigenvalue weighted by atomic mass is 9.88. The maximum absolute atomic E-state index is 13.1. The van der Waals surface area contributed by atoms with Gasteiger partial charge in [-0.2, -0.15) is 22.5 Å². The molecule has 3 heterocycles. The molecule has 3 atom stereocenters. The predicted molar refractivity (Wildman–Crippen MR) is 113 cm³/mol. The van der Waals surface area contributed by atoms with Crippen LogP contribution in [-0.4, -0.2) is 50.7 Å². The first-order valence-electron chi connectivity index (χ1n) is 10.9. The molecule has 1 aliphatic heterocycles. The lowest BCUT2D eigenvalue weighted by Gasteiger charge is -2.39. The molecule has 1 saturated heterocycles. The minimum atomic E-state index is -5.12. The molecule has 0 aromatic carbocycles. The number of allylic oxidation sites excluding steroid dienone is 1. The first-order chi connectivity index (χ1) is 15.4. The number of alkyl halides is 3. The summed E-state index contributed by atoms with van der Waals surface area (Å²) in [5, 5.41) is 7.69. The van der Waals surface area contributed by atoms with Gasteiger partial charge in [0.15, 0.2) is 11.4 Å². The van der Waals surface area contributed by atoms with Crippen LogP contribution < -0.4 is 10.1 Å². The van der Waals surface area contributed by atoms with Gasteiger partial charge in [0.1, 0.15) is 6.26 Å². The molecule has 0 unspecified atom stereocenters. The molecular weight excluding hydrogens is 442 g/mol. The molecule has 7 nitrogen and oxygen atoms in total. The number of nitrogens with one attached hydrogen (secondary N) is 1. The van der Waals surface area contributed by atoms with Crippen LogP contribution >= 0.6 is 0 Å². The number of aromatic nitrogens is 3. The van der Waals surface area contributed by atoms with Crippen LogP contribution in [0, 0.1) is 17.3 Å². The van der Waals surface area contributed by atoms with Crippen molar-refractivity contribution < 1.29 is 27.1 Å². The van der Waals surface area contributed by atoms with E-state index in [4.69, 9.17) is 4.74 Å². The minimum Gasteiger partial charge on any atom is -0.458 e. The Morgan fingerprint density at radius 1 is 1.24 bits per heavy atom. The van der Waals surface area contributed by atoms with E-state index in [-0.39, 0.29) is 46.9 Å². The second-order valence-corrected chi connectivity index (χ2v) is 9.96. The van der Waals surface area contributed by atoms with Gasteiger partial charge in [0, 0.05) is 31.7 Å². The fourth-order valence-corrected chi connectivity index (χ4v) is 4.59. The van der Waals surface area contributed by atoms with Gasteiger partial charge in [-0.1, -0.05) is 20.8 Å². The van der Waals surface area contributed by atoms with E-state index in [1.165, 1.54) is 16.6 Å². The van der Waals surface area contributed by atoms with Crippen molar-refractivity contribution in [3.05, 3.63) is 30.4 Å². The molecule has 2 bridgehead atoms. The number of anilines is 1. The molecule has 4 rings (SSSR count). The Balaban J connectivity index is 1.46. The summed E-state index contributed by atoms with van der Waals surface area (Å²) in [5.41, 5.74) is 0.0975. The lowest BCUT2D eigenvalue weighted by Crippen LogP contribution is -2.50. The van der Waals surface area contributed by atoms with Crippen LogP contribution in [-0.2, 0) is 4.79 Å². The number of likely N-dealkylation sites (tertiary alicyclic amines) is 1. The number of fused-ring (bicyclic) bond motifs is 3. The molecule has 180 valence electrons. The largest absolute Gasteiger partial charge is 0.458 e. The van der Waals surface area contributed by atoms with Crippen molar-refractivity contribution in [3.8, 4) is 5.75 Å². The Hall–Kier alpha value is -2.85. The zero-order valence-electron chi connectivity index (χ0n) is 18.7. The van der Waals surface area contributed by atoms with Gasteiger partial charge < -0.3 is 15.0 Å². The smallest absolute Gasteiger partial charge is 0.446 e. The Morgan fingerprint density at radius 2 is 1.91 bits per heavy atom. The van der Waals surface area contributed by atoms with Gasteiger partial charge in [0.25, 0.3) is 0 Å². The summed E-state index contributed by atoms with van der Waals surface area (Å²) < 4.78 is 56.5. The summed E-state index contributed by atoms with van der Waals surface area (Å²) in [4.78, 5) is 19.0. The van der Waals surface area contributed by atoms with Gasteiger partial charge in [-0.25, -0.2) is 4.52 Å². The third kappa shape index (κ3) is 5.22. The van der Waals surface area contributed by atoms with Crippen molar-refractivity contribution in [3.63, 3.8) is 0 Å². The Morgan fingerprint density at radius 3 is 2.52 bits per heavy atom. The van der Waals surface area contributed by atoms with Crippen molar-refractivity contribution in [2.24, 2.45) is 17.3 Å². The summed E-state index contributed by atoms with van der Waals surface area (Å²) in [6.45, 7) is 7.50. The fourth-order valence-electron chi connectivity index (χ4n) is 4.59. The van der Waals surface area contributed by atoms with Gasteiger partial charge >= 0.3 is 6.18 Å². The average Bonchev–Trinajstić information content (AvgIpc) is 3.20. The van der Waals surface area contributed by atoms with Crippen molar-refractivity contribution in [2.45, 2.75) is 52.3 Å². The minimum absolute atomic E-state index is 0.0155. The number of hydrogen-bond acceptors (Lipinski definition) is 5. The molecule has 0 radical (unpaired) electrons. The van der Waals surface area contributed by atoms with E-state index < -0.39 is 12.0 Å². The zero-order valence-corrected chi connectivity index (χ0v) is 18.7. The Kier molecular flexibility index (Phi) is 6.00. The van der Waals surface area contributed by atoms with E-state index in [9.17, 15) is 22.4 Å². The lowest BCUT2D eigenvalue weighted by molar-refractivity contribution is -0.135. The van der Waals surface area contributed by atoms with E-state index in [2.05, 4.69) is 15.4 Å². The standard InChI is InChI=1S/C22H27F4N5O2/c1-21(2,3)9-17(32)30-10-13-6-7-14(11-30)18(13)27-20-28-19-15(5-4-8-31(19)29-20)33-12-16(23)22(24,25)26/h4-5,8,12-14,18H,6-7,9-11H2,1-3H3,(H,27,29)/b16-12-/t13-,14+,18-. The molecular formula is C22H27F4N5O2. The number of nitrogens with zero attached hydrogens (tertiary/aromatic N) is 4. The Labute approximate surface area is 188 Å². The summed E-state index contributed by atoms with van der Waals surface area (Å²) in [6.07, 6.45) is -1.04. The monoisotopic (exact) mass is 469 g/mol. The van der Waals surface area contributed by atoms with Crippen molar-refractivity contribution in [1.29, 1.82) is 0 Å². The first kappa shape index (κ1) is 23.3. The molecule has 1 N–H and O–H groups in total. The SMILES string of the molecule is CC(C)(C)CC(=O)N1C[C@H]2CC[C@@H](C1)[C@@H]2Nc1nc2c(O/C=C(\F)C(F)(F)F)cccn2n1. The number of carbonyl (C=O) groups is 1. The molecule has 2 fully saturated rings. The van der Waals surface area contributed by atoms with Crippen LogP contribution in [0.4, 0.5) is 23.5 Å². The second-order valence-electron chi connectivity index (χ2n) is 9.96. The number of rotatable bonds is 5. The highest BCUT2D eigenvalue weighted by Crippen LogP contribution is 2.39. The number of piperidine rings is 1. The van der Waals surface area contributed by atoms with E-state index in [0.29, 0.717) is 25.5 Å². The quantitative estimate of drug-likeness (QED) is 0.513. The molecule has 11 heteroatoms. The van der Waals surface area contributed by atoms with Crippen LogP contribution in [0.5, 0.6) is 5.75 Å². The maximum Gasteiger partial charge on any atom is 0.446 e. The molecule has 2 aromatic rings. The van der Waals surface area contributed by atoms with E-state index in [0.717, 1.165) is 12.8 Å². The Bertz CT molecular complexity index is 1050. The van der Waals surface area contributed by atoms with E-state index in [1.54, 1.807) is 6.20 Å². The molecule has 2 aromatic heterocycles. The van der Waals surface area contributed by atoms with Crippen molar-refractivity contribution >= 4 is 17.5 Å². The van der Waals surface area contributed by atoms with Crippen LogP contribution in [0.25, 0.3) is 5.65 Å². The normalized spacial score (nSPS) is 23.8. The van der Waals surface area contributed by atoms with Gasteiger partial charge in [0.05, 0.1) is 0 Å². The van der Waals surface area contributed by atoms with Crippen molar-refractivity contribution in [1.82, 2.24) is 19.5 Å². The number of ether oxygens (including phenoxy) is 1. The molecule has 1 amide bonds. The fraction of sp³-hybridized carbons (Fsp3) is 0.591. The molecule has 33 heavy (non-hydrogen) atoms. The van der Waals surface area contributed by atoms with E-state index in [1.807, 2.05) is 25.7 Å². The topological polar surface area (TPSA) is 71.8 Å². The van der Waals surface area contributed by atoms with Crippen LogP contribution in [0.1, 0.15) is 40.0 Å². The maximum atomic E-state index is 13.1.